The van der Waals surface area contributed by atoms with Crippen molar-refractivity contribution >= 4 is 22.1 Å². The van der Waals surface area contributed by atoms with Crippen molar-refractivity contribution < 1.29 is 27.4 Å². The summed E-state index contributed by atoms with van der Waals surface area (Å²) in [5, 5.41) is 3.83. The largest absolute Gasteiger partial charge is 0.493 e. The van der Waals surface area contributed by atoms with E-state index in [-0.39, 0.29) is 4.90 Å². The summed E-state index contributed by atoms with van der Waals surface area (Å²) < 4.78 is 42.7. The summed E-state index contributed by atoms with van der Waals surface area (Å²) in [6.45, 7) is 0.416. The van der Waals surface area contributed by atoms with Gasteiger partial charge in [0.1, 0.15) is 13.2 Å². The van der Waals surface area contributed by atoms with E-state index in [2.05, 4.69) is 15.2 Å². The smallest absolute Gasteiger partial charge is 0.255 e. The number of ether oxygens (including phenoxy) is 3. The van der Waals surface area contributed by atoms with E-state index in [0.29, 0.717) is 36.0 Å². The molecule has 0 fully saturated rings. The third-order valence-corrected chi connectivity index (χ3v) is 5.15. The van der Waals surface area contributed by atoms with Gasteiger partial charge in [0, 0.05) is 5.56 Å². The maximum absolute atomic E-state index is 12.1. The predicted octanol–water partition coefficient (Wildman–Crippen LogP) is 0.895. The number of nitrogens with one attached hydrogen (secondary N) is 2. The third kappa shape index (κ3) is 4.78. The fourth-order valence-corrected chi connectivity index (χ4v) is 3.43. The van der Waals surface area contributed by atoms with E-state index in [0.717, 1.165) is 0 Å². The Morgan fingerprint density at radius 3 is 2.71 bits per heavy atom. The first-order chi connectivity index (χ1) is 13.5. The van der Waals surface area contributed by atoms with Crippen LogP contribution in [0.15, 0.2) is 52.5 Å². The zero-order valence-corrected chi connectivity index (χ0v) is 15.9. The zero-order valence-electron chi connectivity index (χ0n) is 15.0. The van der Waals surface area contributed by atoms with E-state index in [9.17, 15) is 13.2 Å². The van der Waals surface area contributed by atoms with Crippen LogP contribution in [0, 0.1) is 0 Å². The molecule has 2 aromatic rings. The quantitative estimate of drug-likeness (QED) is 0.522. The first kappa shape index (κ1) is 19.6. The molecule has 0 bridgehead atoms. The first-order valence-corrected chi connectivity index (χ1v) is 9.82. The van der Waals surface area contributed by atoms with Crippen molar-refractivity contribution in [2.45, 2.75) is 4.90 Å². The van der Waals surface area contributed by atoms with E-state index in [1.165, 1.54) is 25.5 Å². The van der Waals surface area contributed by atoms with Crippen molar-refractivity contribution in [1.29, 1.82) is 0 Å². The lowest BCUT2D eigenvalue weighted by Gasteiger charge is -2.20. The second-order valence-corrected chi connectivity index (χ2v) is 7.45. The number of methoxy groups -OCH3 is 1. The molecule has 1 amide bonds. The van der Waals surface area contributed by atoms with Gasteiger partial charge in [0.2, 0.25) is 15.8 Å². The summed E-state index contributed by atoms with van der Waals surface area (Å²) in [5.74, 6) is 0.917. The molecule has 0 aliphatic carbocycles. The molecule has 1 heterocycles. The number of nitrogens with zero attached hydrogens (tertiary/aromatic N) is 1. The lowest BCUT2D eigenvalue weighted by Crippen LogP contribution is -2.34. The second-order valence-electron chi connectivity index (χ2n) is 5.68. The molecule has 1 aliphatic rings. The van der Waals surface area contributed by atoms with Crippen LogP contribution < -0.4 is 24.4 Å². The molecule has 3 rings (SSSR count). The fourth-order valence-electron chi connectivity index (χ4n) is 2.43. The highest BCUT2D eigenvalue weighted by Gasteiger charge is 2.18. The molecule has 0 saturated carbocycles. The fraction of sp³-hybridized carbons (Fsp3) is 0.222. The molecule has 2 N–H and O–H groups in total. The minimum Gasteiger partial charge on any atom is -0.493 e. The van der Waals surface area contributed by atoms with E-state index in [4.69, 9.17) is 14.2 Å². The molecular weight excluding hydrogens is 386 g/mol. The maximum atomic E-state index is 12.1. The van der Waals surface area contributed by atoms with E-state index >= 15 is 0 Å². The summed E-state index contributed by atoms with van der Waals surface area (Å²) in [6.07, 6.45) is 1.39. The zero-order chi connectivity index (χ0) is 20.0. The number of rotatable bonds is 7. The Kier molecular flexibility index (Phi) is 6.12. The van der Waals surface area contributed by atoms with E-state index in [1.807, 2.05) is 0 Å². The number of fused-ring (bicyclic) bond motifs is 1. The average Bonchev–Trinajstić information content (AvgIpc) is 2.72. The molecule has 10 heteroatoms. The van der Waals surface area contributed by atoms with Crippen molar-refractivity contribution in [3.63, 3.8) is 0 Å². The molecule has 0 aromatic heterocycles. The lowest BCUT2D eigenvalue weighted by atomic mass is 10.2. The van der Waals surface area contributed by atoms with Crippen LogP contribution in [0.2, 0.25) is 0 Å². The van der Waals surface area contributed by atoms with Crippen LogP contribution >= 0.6 is 0 Å². The number of carbonyl (C=O) groups is 1. The van der Waals surface area contributed by atoms with Crippen LogP contribution in [0.3, 0.4) is 0 Å². The first-order valence-electron chi connectivity index (χ1n) is 8.34. The number of sulfonamides is 1. The Hall–Kier alpha value is -3.11. The number of hydrazone groups is 1. The van der Waals surface area contributed by atoms with E-state index < -0.39 is 22.5 Å². The van der Waals surface area contributed by atoms with Crippen molar-refractivity contribution in [1.82, 2.24) is 10.1 Å². The molecule has 0 saturated heterocycles. The van der Waals surface area contributed by atoms with Crippen molar-refractivity contribution in [2.75, 3.05) is 26.9 Å². The van der Waals surface area contributed by atoms with Crippen LogP contribution in [0.25, 0.3) is 0 Å². The van der Waals surface area contributed by atoms with Gasteiger partial charge < -0.3 is 14.2 Å². The van der Waals surface area contributed by atoms with Gasteiger partial charge in [-0.3, -0.25) is 4.79 Å². The number of hydrogen-bond acceptors (Lipinski definition) is 7. The predicted molar refractivity (Wildman–Crippen MR) is 101 cm³/mol. The van der Waals surface area contributed by atoms with Gasteiger partial charge in [-0.1, -0.05) is 18.2 Å². The normalized spacial score (nSPS) is 13.3. The molecule has 9 nitrogen and oxygen atoms in total. The summed E-state index contributed by atoms with van der Waals surface area (Å²) >= 11 is 0. The van der Waals surface area contributed by atoms with Gasteiger partial charge >= 0.3 is 0 Å². The van der Waals surface area contributed by atoms with Gasteiger partial charge in [-0.15, -0.1) is 0 Å². The highest BCUT2D eigenvalue weighted by Crippen LogP contribution is 2.39. The summed E-state index contributed by atoms with van der Waals surface area (Å²) in [4.78, 5) is 11.9. The van der Waals surface area contributed by atoms with E-state index in [1.54, 1.807) is 30.3 Å². The summed E-state index contributed by atoms with van der Waals surface area (Å²) in [5.41, 5.74) is 2.88. The monoisotopic (exact) mass is 405 g/mol. The molecule has 0 radical (unpaired) electrons. The lowest BCUT2D eigenvalue weighted by molar-refractivity contribution is -0.119. The van der Waals surface area contributed by atoms with Gasteiger partial charge in [0.05, 0.1) is 24.8 Å². The number of hydrogen-bond donors (Lipinski definition) is 2. The van der Waals surface area contributed by atoms with Crippen LogP contribution in [0.4, 0.5) is 0 Å². The summed E-state index contributed by atoms with van der Waals surface area (Å²) in [7, 11) is -2.25. The summed E-state index contributed by atoms with van der Waals surface area (Å²) in [6, 6.07) is 11.2. The van der Waals surface area contributed by atoms with Crippen molar-refractivity contribution in [2.24, 2.45) is 5.10 Å². The SMILES string of the molecule is COc1cc(/C=N\NC(=O)CNS(=O)(=O)c2ccccc2)cc2c1OCCO2. The van der Waals surface area contributed by atoms with Gasteiger partial charge in [-0.25, -0.2) is 18.6 Å². The van der Waals surface area contributed by atoms with Crippen LogP contribution in [0.1, 0.15) is 5.56 Å². The molecule has 0 spiro atoms. The molecule has 0 atom stereocenters. The van der Waals surface area contributed by atoms with Gasteiger partial charge in [0.15, 0.2) is 11.5 Å². The standard InChI is InChI=1S/C18H19N3O6S/c1-25-15-9-13(10-16-18(15)27-8-7-26-16)11-19-21-17(22)12-20-28(23,24)14-5-3-2-4-6-14/h2-6,9-11,20H,7-8,12H2,1H3,(H,21,22)/b19-11-. The number of carbonyl (C=O) groups excluding carboxylic acids is 1. The van der Waals surface area contributed by atoms with Gasteiger partial charge in [-0.05, 0) is 24.3 Å². The van der Waals surface area contributed by atoms with Crippen LogP contribution in [-0.2, 0) is 14.8 Å². The van der Waals surface area contributed by atoms with Gasteiger partial charge in [-0.2, -0.15) is 5.10 Å². The maximum Gasteiger partial charge on any atom is 0.255 e. The minimum absolute atomic E-state index is 0.0784. The van der Waals surface area contributed by atoms with Gasteiger partial charge in [0.25, 0.3) is 5.91 Å². The number of benzene rings is 2. The Bertz CT molecular complexity index is 959. The molecule has 0 unspecified atom stereocenters. The topological polar surface area (TPSA) is 115 Å². The second kappa shape index (κ2) is 8.72. The third-order valence-electron chi connectivity index (χ3n) is 3.73. The highest BCUT2D eigenvalue weighted by atomic mass is 32.2. The minimum atomic E-state index is -3.76. The van der Waals surface area contributed by atoms with Crippen molar-refractivity contribution in [3.8, 4) is 17.2 Å². The Labute approximate surface area is 162 Å². The molecule has 2 aromatic carbocycles. The molecule has 28 heavy (non-hydrogen) atoms. The average molecular weight is 405 g/mol. The van der Waals surface area contributed by atoms with Crippen LogP contribution in [-0.4, -0.2) is 47.4 Å². The Morgan fingerprint density at radius 2 is 1.96 bits per heavy atom. The number of amides is 1. The van der Waals surface area contributed by atoms with Crippen LogP contribution in [0.5, 0.6) is 17.2 Å². The molecular formula is C18H19N3O6S. The Morgan fingerprint density at radius 1 is 1.21 bits per heavy atom. The van der Waals surface area contributed by atoms with Crippen molar-refractivity contribution in [3.05, 3.63) is 48.0 Å². The molecule has 1 aliphatic heterocycles. The highest BCUT2D eigenvalue weighted by molar-refractivity contribution is 7.89. The Balaban J connectivity index is 1.58. The molecule has 148 valence electrons.